The van der Waals surface area contributed by atoms with Gasteiger partial charge in [0.1, 0.15) is 0 Å². The maximum atomic E-state index is 12.4. The van der Waals surface area contributed by atoms with E-state index in [4.69, 9.17) is 0 Å². The second-order valence-electron chi connectivity index (χ2n) is 4.99. The number of pyridine rings is 1. The minimum Gasteiger partial charge on any atom is -0.335 e. The van der Waals surface area contributed by atoms with E-state index < -0.39 is 0 Å². The number of rotatable bonds is 3. The van der Waals surface area contributed by atoms with Crippen molar-refractivity contribution in [3.8, 4) is 0 Å². The molecule has 3 heterocycles. The molecule has 1 aliphatic rings. The number of halogens is 1. The standard InChI is InChI=1S/C15H16BrN3OS/c16-14-5-4-13(21-14)15(20)19-9-7-18(8-10-19)11-12-3-1-2-6-17-12/h1-6H,7-11H2. The van der Waals surface area contributed by atoms with Gasteiger partial charge in [0.25, 0.3) is 5.91 Å². The van der Waals surface area contributed by atoms with Crippen LogP contribution >= 0.6 is 27.3 Å². The third-order valence-corrected chi connectivity index (χ3v) is 5.17. The fourth-order valence-corrected chi connectivity index (χ4v) is 3.77. The van der Waals surface area contributed by atoms with Gasteiger partial charge in [-0.1, -0.05) is 6.07 Å². The van der Waals surface area contributed by atoms with E-state index in [9.17, 15) is 4.79 Å². The molecule has 0 spiro atoms. The number of piperazine rings is 1. The zero-order valence-corrected chi connectivity index (χ0v) is 13.9. The molecule has 0 aromatic carbocycles. The summed E-state index contributed by atoms with van der Waals surface area (Å²) in [4.78, 5) is 21.8. The highest BCUT2D eigenvalue weighted by atomic mass is 79.9. The Hall–Kier alpha value is -1.24. The smallest absolute Gasteiger partial charge is 0.264 e. The van der Waals surface area contributed by atoms with Crippen LogP contribution in [-0.4, -0.2) is 46.9 Å². The lowest BCUT2D eigenvalue weighted by Gasteiger charge is -2.34. The van der Waals surface area contributed by atoms with E-state index in [1.165, 1.54) is 11.3 Å². The van der Waals surface area contributed by atoms with Crippen LogP contribution in [0, 0.1) is 0 Å². The van der Waals surface area contributed by atoms with Gasteiger partial charge in [0.2, 0.25) is 0 Å². The van der Waals surface area contributed by atoms with E-state index in [0.717, 1.165) is 47.1 Å². The summed E-state index contributed by atoms with van der Waals surface area (Å²) in [5.74, 6) is 0.142. The second-order valence-corrected chi connectivity index (χ2v) is 7.46. The summed E-state index contributed by atoms with van der Waals surface area (Å²) in [6.45, 7) is 4.21. The lowest BCUT2D eigenvalue weighted by Crippen LogP contribution is -2.48. The van der Waals surface area contributed by atoms with Crippen molar-refractivity contribution < 1.29 is 4.79 Å². The molecular formula is C15H16BrN3OS. The topological polar surface area (TPSA) is 36.4 Å². The predicted molar refractivity (Wildman–Crippen MR) is 87.4 cm³/mol. The Morgan fingerprint density at radius 1 is 1.19 bits per heavy atom. The molecule has 1 amide bonds. The van der Waals surface area contributed by atoms with Crippen LogP contribution in [0.4, 0.5) is 0 Å². The third kappa shape index (κ3) is 3.70. The predicted octanol–water partition coefficient (Wildman–Crippen LogP) is 2.86. The number of aromatic nitrogens is 1. The van der Waals surface area contributed by atoms with Crippen LogP contribution in [0.1, 0.15) is 15.4 Å². The molecule has 1 fully saturated rings. The first-order chi connectivity index (χ1) is 10.2. The molecule has 110 valence electrons. The van der Waals surface area contributed by atoms with Gasteiger partial charge in [-0.2, -0.15) is 0 Å². The Labute approximate surface area is 136 Å². The molecule has 0 unspecified atom stereocenters. The van der Waals surface area contributed by atoms with E-state index in [2.05, 4.69) is 25.8 Å². The van der Waals surface area contributed by atoms with Gasteiger partial charge in [-0.15, -0.1) is 11.3 Å². The maximum Gasteiger partial charge on any atom is 0.264 e. The summed E-state index contributed by atoms with van der Waals surface area (Å²) in [5, 5.41) is 0. The summed E-state index contributed by atoms with van der Waals surface area (Å²) < 4.78 is 1.000. The van der Waals surface area contributed by atoms with Crippen molar-refractivity contribution in [2.45, 2.75) is 6.54 Å². The molecule has 21 heavy (non-hydrogen) atoms. The van der Waals surface area contributed by atoms with Crippen molar-refractivity contribution in [1.29, 1.82) is 0 Å². The molecule has 1 aliphatic heterocycles. The molecular weight excluding hydrogens is 350 g/mol. The van der Waals surface area contributed by atoms with Crippen molar-refractivity contribution in [1.82, 2.24) is 14.8 Å². The van der Waals surface area contributed by atoms with Crippen LogP contribution in [0.15, 0.2) is 40.3 Å². The Bertz CT molecular complexity index is 608. The van der Waals surface area contributed by atoms with E-state index >= 15 is 0 Å². The molecule has 0 atom stereocenters. The van der Waals surface area contributed by atoms with E-state index in [1.54, 1.807) is 0 Å². The van der Waals surface area contributed by atoms with E-state index in [0.29, 0.717) is 0 Å². The number of carbonyl (C=O) groups excluding carboxylic acids is 1. The number of nitrogens with zero attached hydrogens (tertiary/aromatic N) is 3. The normalized spacial score (nSPS) is 16.1. The number of hydrogen-bond acceptors (Lipinski definition) is 4. The van der Waals surface area contributed by atoms with Crippen LogP contribution in [0.25, 0.3) is 0 Å². The molecule has 0 saturated carbocycles. The highest BCUT2D eigenvalue weighted by Crippen LogP contribution is 2.23. The summed E-state index contributed by atoms with van der Waals surface area (Å²) in [6.07, 6.45) is 1.82. The molecule has 0 radical (unpaired) electrons. The zero-order chi connectivity index (χ0) is 14.7. The Kier molecular flexibility index (Phi) is 4.67. The van der Waals surface area contributed by atoms with Crippen LogP contribution in [0.2, 0.25) is 0 Å². The van der Waals surface area contributed by atoms with Gasteiger partial charge in [0.05, 0.1) is 14.4 Å². The van der Waals surface area contributed by atoms with E-state index in [1.807, 2.05) is 41.4 Å². The van der Waals surface area contributed by atoms with Crippen molar-refractivity contribution in [2.24, 2.45) is 0 Å². The minimum atomic E-state index is 0.142. The lowest BCUT2D eigenvalue weighted by molar-refractivity contribution is 0.0632. The van der Waals surface area contributed by atoms with Crippen molar-refractivity contribution >= 4 is 33.2 Å². The first kappa shape index (κ1) is 14.7. The third-order valence-electron chi connectivity index (χ3n) is 3.56. The Balaban J connectivity index is 1.54. The Morgan fingerprint density at radius 3 is 2.62 bits per heavy atom. The summed E-state index contributed by atoms with van der Waals surface area (Å²) in [5.41, 5.74) is 1.08. The van der Waals surface area contributed by atoms with Crippen LogP contribution in [0.5, 0.6) is 0 Å². The molecule has 0 aliphatic carbocycles. The van der Waals surface area contributed by atoms with Crippen molar-refractivity contribution in [2.75, 3.05) is 26.2 Å². The van der Waals surface area contributed by atoms with Gasteiger partial charge < -0.3 is 4.90 Å². The summed E-state index contributed by atoms with van der Waals surface area (Å²) in [6, 6.07) is 9.79. The Morgan fingerprint density at radius 2 is 2.00 bits per heavy atom. The first-order valence-corrected chi connectivity index (χ1v) is 8.50. The quantitative estimate of drug-likeness (QED) is 0.838. The summed E-state index contributed by atoms with van der Waals surface area (Å²) >= 11 is 4.90. The maximum absolute atomic E-state index is 12.4. The highest BCUT2D eigenvalue weighted by Gasteiger charge is 2.23. The number of thiophene rings is 1. The second kappa shape index (κ2) is 6.68. The van der Waals surface area contributed by atoms with Gasteiger partial charge in [0.15, 0.2) is 0 Å². The zero-order valence-electron chi connectivity index (χ0n) is 11.5. The molecule has 6 heteroatoms. The largest absolute Gasteiger partial charge is 0.335 e. The van der Waals surface area contributed by atoms with Crippen molar-refractivity contribution in [3.05, 3.63) is 50.9 Å². The molecule has 2 aromatic heterocycles. The minimum absolute atomic E-state index is 0.142. The van der Waals surface area contributed by atoms with Gasteiger partial charge >= 0.3 is 0 Å². The first-order valence-electron chi connectivity index (χ1n) is 6.89. The van der Waals surface area contributed by atoms with Gasteiger partial charge in [-0.25, -0.2) is 0 Å². The number of hydrogen-bond donors (Lipinski definition) is 0. The summed E-state index contributed by atoms with van der Waals surface area (Å²) in [7, 11) is 0. The fraction of sp³-hybridized carbons (Fsp3) is 0.333. The van der Waals surface area contributed by atoms with Crippen LogP contribution in [0.3, 0.4) is 0 Å². The average Bonchev–Trinajstić information content (AvgIpc) is 2.95. The molecule has 4 nitrogen and oxygen atoms in total. The van der Waals surface area contributed by atoms with Gasteiger partial charge in [0, 0.05) is 38.9 Å². The SMILES string of the molecule is O=C(c1ccc(Br)s1)N1CCN(Cc2ccccn2)CC1. The molecule has 3 rings (SSSR count). The van der Waals surface area contributed by atoms with Gasteiger partial charge in [-0.3, -0.25) is 14.7 Å². The van der Waals surface area contributed by atoms with E-state index in [-0.39, 0.29) is 5.91 Å². The number of carbonyl (C=O) groups is 1. The highest BCUT2D eigenvalue weighted by molar-refractivity contribution is 9.11. The van der Waals surface area contributed by atoms with Gasteiger partial charge in [-0.05, 0) is 40.2 Å². The molecule has 1 saturated heterocycles. The number of amides is 1. The molecule has 2 aromatic rings. The van der Waals surface area contributed by atoms with Crippen LogP contribution in [-0.2, 0) is 6.54 Å². The van der Waals surface area contributed by atoms with Crippen LogP contribution < -0.4 is 0 Å². The average molecular weight is 366 g/mol. The molecule has 0 bridgehead atoms. The molecule has 0 N–H and O–H groups in total. The fourth-order valence-electron chi connectivity index (χ4n) is 2.41. The van der Waals surface area contributed by atoms with Crippen molar-refractivity contribution in [3.63, 3.8) is 0 Å². The lowest BCUT2D eigenvalue weighted by atomic mass is 10.2. The monoisotopic (exact) mass is 365 g/mol.